The first-order chi connectivity index (χ1) is 13.6. The average Bonchev–Trinajstić information content (AvgIpc) is 3.09. The maximum Gasteiger partial charge on any atom is 0.433 e. The van der Waals surface area contributed by atoms with Crippen molar-refractivity contribution in [2.45, 2.75) is 12.0 Å². The van der Waals surface area contributed by atoms with Gasteiger partial charge in [0, 0.05) is 29.5 Å². The highest BCUT2D eigenvalue weighted by molar-refractivity contribution is 5.73. The summed E-state index contributed by atoms with van der Waals surface area (Å²) in [5.41, 5.74) is -0.0420. The second kappa shape index (κ2) is 7.22. The molecule has 1 aliphatic rings. The number of nitro benzene ring substituents is 1. The van der Waals surface area contributed by atoms with E-state index in [2.05, 4.69) is 10.5 Å². The molecule has 1 aliphatic heterocycles. The topological polar surface area (TPSA) is 116 Å². The number of nitro groups is 1. The first-order valence-corrected chi connectivity index (χ1v) is 7.93. The van der Waals surface area contributed by atoms with Crippen LogP contribution in [0.15, 0.2) is 36.5 Å². The Morgan fingerprint density at radius 3 is 2.62 bits per heavy atom. The Labute approximate surface area is 161 Å². The molecular formula is C17H14F3N3O6. The number of pyridine rings is 1. The SMILES string of the molecule is COc1cc(C2=CC(O)(c3cccnc3C(F)(F)F)ON2)cc([N+](=O)[O-])c1OC. The highest BCUT2D eigenvalue weighted by Crippen LogP contribution is 2.43. The molecule has 154 valence electrons. The molecule has 0 radical (unpaired) electrons. The van der Waals surface area contributed by atoms with Crippen LogP contribution < -0.4 is 15.0 Å². The van der Waals surface area contributed by atoms with Crippen LogP contribution in [0.25, 0.3) is 5.70 Å². The molecule has 1 atom stereocenters. The van der Waals surface area contributed by atoms with E-state index in [4.69, 9.17) is 14.3 Å². The molecule has 29 heavy (non-hydrogen) atoms. The van der Waals surface area contributed by atoms with Crippen molar-refractivity contribution in [1.82, 2.24) is 10.5 Å². The number of halogens is 3. The number of aliphatic hydroxyl groups is 1. The van der Waals surface area contributed by atoms with Crippen LogP contribution in [0.1, 0.15) is 16.8 Å². The predicted octanol–water partition coefficient (Wildman–Crippen LogP) is 2.75. The predicted molar refractivity (Wildman–Crippen MR) is 91.5 cm³/mol. The van der Waals surface area contributed by atoms with Crippen molar-refractivity contribution in [3.63, 3.8) is 0 Å². The summed E-state index contributed by atoms with van der Waals surface area (Å²) in [6.45, 7) is 0. The molecule has 9 nitrogen and oxygen atoms in total. The summed E-state index contributed by atoms with van der Waals surface area (Å²) in [4.78, 5) is 18.9. The van der Waals surface area contributed by atoms with E-state index < -0.39 is 33.8 Å². The molecule has 2 N–H and O–H groups in total. The quantitative estimate of drug-likeness (QED) is 0.568. The van der Waals surface area contributed by atoms with Gasteiger partial charge in [0.05, 0.1) is 24.8 Å². The summed E-state index contributed by atoms with van der Waals surface area (Å²) in [7, 11) is 2.49. The molecule has 0 fully saturated rings. The van der Waals surface area contributed by atoms with E-state index in [9.17, 15) is 28.4 Å². The smallest absolute Gasteiger partial charge is 0.433 e. The number of ether oxygens (including phenoxy) is 2. The number of methoxy groups -OCH3 is 2. The third-order valence-corrected chi connectivity index (χ3v) is 4.09. The fourth-order valence-electron chi connectivity index (χ4n) is 2.82. The fourth-order valence-corrected chi connectivity index (χ4v) is 2.82. The van der Waals surface area contributed by atoms with Gasteiger partial charge in [0.15, 0.2) is 11.4 Å². The first kappa shape index (κ1) is 20.4. The summed E-state index contributed by atoms with van der Waals surface area (Å²) >= 11 is 0. The highest BCUT2D eigenvalue weighted by atomic mass is 19.4. The minimum absolute atomic E-state index is 0.00666. The van der Waals surface area contributed by atoms with E-state index in [1.54, 1.807) is 0 Å². The number of nitrogens with one attached hydrogen (secondary N) is 1. The lowest BCUT2D eigenvalue weighted by Crippen LogP contribution is -2.30. The second-order valence-electron chi connectivity index (χ2n) is 5.84. The Kier molecular flexibility index (Phi) is 5.07. The number of alkyl halides is 3. The molecule has 0 saturated carbocycles. The van der Waals surface area contributed by atoms with Gasteiger partial charge in [-0.05, 0) is 18.2 Å². The van der Waals surface area contributed by atoms with Gasteiger partial charge in [0.1, 0.15) is 0 Å². The van der Waals surface area contributed by atoms with E-state index in [1.807, 2.05) is 0 Å². The first-order valence-electron chi connectivity index (χ1n) is 7.93. The number of hydrogen-bond donors (Lipinski definition) is 2. The third-order valence-electron chi connectivity index (χ3n) is 4.09. The van der Waals surface area contributed by atoms with Crippen LogP contribution in [0.4, 0.5) is 18.9 Å². The van der Waals surface area contributed by atoms with Crippen LogP contribution in [0.5, 0.6) is 11.5 Å². The van der Waals surface area contributed by atoms with Crippen molar-refractivity contribution in [2.24, 2.45) is 0 Å². The minimum atomic E-state index is -4.84. The zero-order chi connectivity index (χ0) is 21.4. The molecule has 1 aromatic carbocycles. The molecule has 1 aromatic heterocycles. The van der Waals surface area contributed by atoms with Crippen LogP contribution in [0, 0.1) is 10.1 Å². The van der Waals surface area contributed by atoms with Crippen molar-refractivity contribution in [2.75, 3.05) is 14.2 Å². The van der Waals surface area contributed by atoms with Crippen molar-refractivity contribution in [3.8, 4) is 11.5 Å². The molecule has 0 aliphatic carbocycles. The van der Waals surface area contributed by atoms with Gasteiger partial charge in [0.2, 0.25) is 11.5 Å². The van der Waals surface area contributed by atoms with Crippen molar-refractivity contribution in [3.05, 3.63) is 63.5 Å². The lowest BCUT2D eigenvalue weighted by molar-refractivity contribution is -0.385. The maximum absolute atomic E-state index is 13.2. The van der Waals surface area contributed by atoms with Crippen molar-refractivity contribution in [1.29, 1.82) is 0 Å². The molecule has 12 heteroatoms. The summed E-state index contributed by atoms with van der Waals surface area (Å²) in [6.07, 6.45) is -2.96. The molecule has 0 amide bonds. The Balaban J connectivity index is 2.11. The van der Waals surface area contributed by atoms with Crippen LogP contribution in [0.3, 0.4) is 0 Å². The Morgan fingerprint density at radius 1 is 1.31 bits per heavy atom. The second-order valence-corrected chi connectivity index (χ2v) is 5.84. The normalized spacial score (nSPS) is 18.8. The number of hydrogen-bond acceptors (Lipinski definition) is 8. The van der Waals surface area contributed by atoms with Gasteiger partial charge in [-0.15, -0.1) is 0 Å². The van der Waals surface area contributed by atoms with E-state index >= 15 is 0 Å². The van der Waals surface area contributed by atoms with E-state index in [1.165, 1.54) is 26.4 Å². The number of aromatic nitrogens is 1. The number of rotatable bonds is 5. The summed E-state index contributed by atoms with van der Waals surface area (Å²) in [5, 5.41) is 22.0. The number of benzene rings is 1. The number of hydroxylamine groups is 1. The zero-order valence-electron chi connectivity index (χ0n) is 15.0. The van der Waals surface area contributed by atoms with E-state index in [0.717, 1.165) is 24.4 Å². The summed E-state index contributed by atoms with van der Waals surface area (Å²) in [5.74, 6) is -2.65. The number of nitrogens with zero attached hydrogens (tertiary/aromatic N) is 2. The Bertz CT molecular complexity index is 995. The van der Waals surface area contributed by atoms with Gasteiger partial charge in [0.25, 0.3) is 0 Å². The van der Waals surface area contributed by atoms with Gasteiger partial charge in [-0.3, -0.25) is 20.6 Å². The van der Waals surface area contributed by atoms with Gasteiger partial charge < -0.3 is 14.6 Å². The van der Waals surface area contributed by atoms with Crippen LogP contribution in [0.2, 0.25) is 0 Å². The monoisotopic (exact) mass is 413 g/mol. The van der Waals surface area contributed by atoms with Crippen LogP contribution in [-0.4, -0.2) is 29.2 Å². The van der Waals surface area contributed by atoms with Crippen molar-refractivity contribution >= 4 is 11.4 Å². The molecule has 0 bridgehead atoms. The molecular weight excluding hydrogens is 399 g/mol. The molecule has 0 saturated heterocycles. The lowest BCUT2D eigenvalue weighted by atomic mass is 10.0. The highest BCUT2D eigenvalue weighted by Gasteiger charge is 2.45. The summed E-state index contributed by atoms with van der Waals surface area (Å²) < 4.78 is 49.8. The molecule has 3 rings (SSSR count). The standard InChI is InChI=1S/C17H14F3N3O6/c1-27-13-7-9(6-12(23(25)26)14(13)28-2)11-8-16(24,29-22-11)10-4-3-5-21-15(10)17(18,19)20/h3-8,22,24H,1-2H3. The van der Waals surface area contributed by atoms with Crippen LogP contribution in [-0.2, 0) is 16.8 Å². The maximum atomic E-state index is 13.2. The molecule has 0 spiro atoms. The lowest BCUT2D eigenvalue weighted by Gasteiger charge is -2.22. The third kappa shape index (κ3) is 3.67. The van der Waals surface area contributed by atoms with E-state index in [-0.39, 0.29) is 22.8 Å². The largest absolute Gasteiger partial charge is 0.493 e. The van der Waals surface area contributed by atoms with Crippen molar-refractivity contribution < 1.29 is 37.5 Å². The average molecular weight is 413 g/mol. The molecule has 2 aromatic rings. The Hall–Kier alpha value is -3.38. The van der Waals surface area contributed by atoms with Gasteiger partial charge >= 0.3 is 11.9 Å². The zero-order valence-corrected chi connectivity index (χ0v) is 15.0. The summed E-state index contributed by atoms with van der Waals surface area (Å²) in [6, 6.07) is 4.66. The minimum Gasteiger partial charge on any atom is -0.493 e. The van der Waals surface area contributed by atoms with Gasteiger partial charge in [-0.2, -0.15) is 13.2 Å². The fraction of sp³-hybridized carbons (Fsp3) is 0.235. The van der Waals surface area contributed by atoms with E-state index in [0.29, 0.717) is 0 Å². The molecule has 1 unspecified atom stereocenters. The van der Waals surface area contributed by atoms with Gasteiger partial charge in [-0.25, -0.2) is 4.84 Å². The Morgan fingerprint density at radius 2 is 2.03 bits per heavy atom. The van der Waals surface area contributed by atoms with Crippen LogP contribution >= 0.6 is 0 Å². The molecule has 2 heterocycles. The van der Waals surface area contributed by atoms with Gasteiger partial charge in [-0.1, -0.05) is 0 Å².